The molecule has 0 spiro atoms. The van der Waals surface area contributed by atoms with Crippen molar-refractivity contribution in [2.24, 2.45) is 0 Å². The number of nitrogen functional groups attached to an aromatic ring is 1. The molecule has 0 aliphatic rings. The Morgan fingerprint density at radius 2 is 2.19 bits per heavy atom. The lowest BCUT2D eigenvalue weighted by atomic mass is 10.2. The maximum absolute atomic E-state index is 11.7. The van der Waals surface area contributed by atoms with Crippen LogP contribution in [-0.2, 0) is 0 Å². The van der Waals surface area contributed by atoms with Gasteiger partial charge in [0.25, 0.3) is 5.56 Å². The van der Waals surface area contributed by atoms with Crippen molar-refractivity contribution in [1.29, 1.82) is 0 Å². The van der Waals surface area contributed by atoms with Gasteiger partial charge in [0.05, 0.1) is 34.6 Å². The van der Waals surface area contributed by atoms with E-state index in [2.05, 4.69) is 20.3 Å². The average molecular weight is 301 g/mol. The summed E-state index contributed by atoms with van der Waals surface area (Å²) in [5.41, 5.74) is 7.71. The monoisotopic (exact) mass is 301 g/mol. The molecule has 3 aromatic rings. The van der Waals surface area contributed by atoms with Crippen molar-refractivity contribution < 1.29 is 0 Å². The molecule has 0 aliphatic heterocycles. The summed E-state index contributed by atoms with van der Waals surface area (Å²) >= 11 is 1.64. The van der Waals surface area contributed by atoms with Crippen molar-refractivity contribution in [3.8, 4) is 0 Å². The Kier molecular flexibility index (Phi) is 3.34. The summed E-state index contributed by atoms with van der Waals surface area (Å²) in [4.78, 5) is 23.9. The Balaban J connectivity index is 1.97. The van der Waals surface area contributed by atoms with Crippen LogP contribution >= 0.6 is 11.3 Å². The lowest BCUT2D eigenvalue weighted by Gasteiger charge is -2.15. The standard InChI is InChI=1S/C14H15N5OS/c1-7-5-16-14(21-7)8(2)19-12-4-11-9(3-10(12)15)13(20)18-6-17-11/h3-6,8,19H,15H2,1-2H3,(H,17,18,20). The zero-order chi connectivity index (χ0) is 15.0. The van der Waals surface area contributed by atoms with Crippen LogP contribution in [0.3, 0.4) is 0 Å². The highest BCUT2D eigenvalue weighted by Gasteiger charge is 2.12. The second kappa shape index (κ2) is 5.17. The molecule has 6 nitrogen and oxygen atoms in total. The fourth-order valence-electron chi connectivity index (χ4n) is 2.12. The lowest BCUT2D eigenvalue weighted by molar-refractivity contribution is 0.870. The molecular weight excluding hydrogens is 286 g/mol. The van der Waals surface area contributed by atoms with Gasteiger partial charge in [-0.2, -0.15) is 0 Å². The van der Waals surface area contributed by atoms with Crippen LogP contribution in [-0.4, -0.2) is 15.0 Å². The van der Waals surface area contributed by atoms with Crippen molar-refractivity contribution in [3.63, 3.8) is 0 Å². The number of H-pyrrole nitrogens is 1. The van der Waals surface area contributed by atoms with Crippen molar-refractivity contribution in [2.45, 2.75) is 19.9 Å². The molecular formula is C14H15N5OS. The number of aryl methyl sites for hydroxylation is 1. The highest BCUT2D eigenvalue weighted by Crippen LogP contribution is 2.28. The van der Waals surface area contributed by atoms with Crippen LogP contribution in [0, 0.1) is 6.92 Å². The number of rotatable bonds is 3. The molecule has 7 heteroatoms. The van der Waals surface area contributed by atoms with E-state index in [0.29, 0.717) is 16.6 Å². The molecule has 0 bridgehead atoms. The molecule has 1 aromatic carbocycles. The number of benzene rings is 1. The maximum Gasteiger partial charge on any atom is 0.258 e. The Labute approximate surface area is 125 Å². The van der Waals surface area contributed by atoms with Gasteiger partial charge in [-0.25, -0.2) is 9.97 Å². The quantitative estimate of drug-likeness (QED) is 0.646. The van der Waals surface area contributed by atoms with Gasteiger partial charge in [0.15, 0.2) is 0 Å². The van der Waals surface area contributed by atoms with Gasteiger partial charge in [-0.15, -0.1) is 11.3 Å². The molecule has 0 saturated heterocycles. The van der Waals surface area contributed by atoms with Crippen molar-refractivity contribution >= 4 is 33.6 Å². The first-order valence-electron chi connectivity index (χ1n) is 6.50. The number of aromatic amines is 1. The van der Waals surface area contributed by atoms with E-state index in [1.165, 1.54) is 11.2 Å². The number of nitrogens with one attached hydrogen (secondary N) is 2. The van der Waals surface area contributed by atoms with E-state index in [-0.39, 0.29) is 11.6 Å². The van der Waals surface area contributed by atoms with Crippen LogP contribution in [0.25, 0.3) is 10.9 Å². The van der Waals surface area contributed by atoms with Crippen molar-refractivity contribution in [2.75, 3.05) is 11.1 Å². The van der Waals surface area contributed by atoms with E-state index in [4.69, 9.17) is 5.73 Å². The maximum atomic E-state index is 11.7. The van der Waals surface area contributed by atoms with Gasteiger partial charge in [-0.3, -0.25) is 4.79 Å². The van der Waals surface area contributed by atoms with Gasteiger partial charge in [0.2, 0.25) is 0 Å². The number of fused-ring (bicyclic) bond motifs is 1. The average Bonchev–Trinajstić information content (AvgIpc) is 2.88. The minimum Gasteiger partial charge on any atom is -0.397 e. The molecule has 4 N–H and O–H groups in total. The number of thiazole rings is 1. The Morgan fingerprint density at radius 1 is 1.38 bits per heavy atom. The summed E-state index contributed by atoms with van der Waals surface area (Å²) in [6, 6.07) is 3.46. The predicted molar refractivity (Wildman–Crippen MR) is 85.7 cm³/mol. The highest BCUT2D eigenvalue weighted by molar-refractivity contribution is 7.11. The first-order chi connectivity index (χ1) is 10.0. The lowest BCUT2D eigenvalue weighted by Crippen LogP contribution is -2.11. The number of hydrogen-bond acceptors (Lipinski definition) is 6. The molecule has 2 heterocycles. The summed E-state index contributed by atoms with van der Waals surface area (Å²) in [7, 11) is 0. The molecule has 1 atom stereocenters. The SMILES string of the molecule is Cc1cnc(C(C)Nc2cc3nc[nH]c(=O)c3cc2N)s1. The third kappa shape index (κ3) is 2.59. The van der Waals surface area contributed by atoms with Gasteiger partial charge in [0, 0.05) is 11.1 Å². The topological polar surface area (TPSA) is 96.7 Å². The zero-order valence-electron chi connectivity index (χ0n) is 11.7. The minimum atomic E-state index is -0.193. The normalized spacial score (nSPS) is 12.5. The van der Waals surface area contributed by atoms with Crippen LogP contribution < -0.4 is 16.6 Å². The number of anilines is 2. The summed E-state index contributed by atoms with van der Waals surface area (Å²) in [6.07, 6.45) is 3.24. The molecule has 0 radical (unpaired) electrons. The molecule has 0 aliphatic carbocycles. The van der Waals surface area contributed by atoms with Crippen molar-refractivity contribution in [3.05, 3.63) is 44.9 Å². The van der Waals surface area contributed by atoms with E-state index in [0.717, 1.165) is 10.7 Å². The van der Waals surface area contributed by atoms with Crippen LogP contribution in [0.15, 0.2) is 29.5 Å². The van der Waals surface area contributed by atoms with Crippen LogP contribution in [0.1, 0.15) is 22.9 Å². The second-order valence-electron chi connectivity index (χ2n) is 4.86. The summed E-state index contributed by atoms with van der Waals surface area (Å²) in [5.74, 6) is 0. The fourth-order valence-corrected chi connectivity index (χ4v) is 2.90. The van der Waals surface area contributed by atoms with E-state index in [9.17, 15) is 4.79 Å². The van der Waals surface area contributed by atoms with Gasteiger partial charge >= 0.3 is 0 Å². The number of hydrogen-bond donors (Lipinski definition) is 3. The molecule has 0 amide bonds. The van der Waals surface area contributed by atoms with Gasteiger partial charge < -0.3 is 16.0 Å². The first kappa shape index (κ1) is 13.6. The fraction of sp³-hybridized carbons (Fsp3) is 0.214. The summed E-state index contributed by atoms with van der Waals surface area (Å²) < 4.78 is 0. The van der Waals surface area contributed by atoms with Gasteiger partial charge in [0.1, 0.15) is 5.01 Å². The van der Waals surface area contributed by atoms with E-state index in [1.807, 2.05) is 20.0 Å². The molecule has 1 unspecified atom stereocenters. The van der Waals surface area contributed by atoms with E-state index in [1.54, 1.807) is 23.5 Å². The molecule has 3 rings (SSSR count). The minimum absolute atomic E-state index is 0.0328. The Morgan fingerprint density at radius 3 is 2.90 bits per heavy atom. The van der Waals surface area contributed by atoms with Crippen LogP contribution in [0.4, 0.5) is 11.4 Å². The zero-order valence-corrected chi connectivity index (χ0v) is 12.5. The number of nitrogens with two attached hydrogens (primary N) is 1. The third-order valence-electron chi connectivity index (χ3n) is 3.19. The molecule has 108 valence electrons. The third-order valence-corrected chi connectivity index (χ3v) is 4.29. The highest BCUT2D eigenvalue weighted by atomic mass is 32.1. The summed E-state index contributed by atoms with van der Waals surface area (Å²) in [6.45, 7) is 4.04. The van der Waals surface area contributed by atoms with E-state index < -0.39 is 0 Å². The summed E-state index contributed by atoms with van der Waals surface area (Å²) in [5, 5.41) is 4.80. The van der Waals surface area contributed by atoms with Gasteiger partial charge in [-0.1, -0.05) is 0 Å². The predicted octanol–water partition coefficient (Wildman–Crippen LogP) is 2.44. The molecule has 0 fully saturated rings. The number of aromatic nitrogens is 3. The smallest absolute Gasteiger partial charge is 0.258 e. The molecule has 0 saturated carbocycles. The van der Waals surface area contributed by atoms with Crippen LogP contribution in [0.5, 0.6) is 0 Å². The molecule has 2 aromatic heterocycles. The first-order valence-corrected chi connectivity index (χ1v) is 7.32. The second-order valence-corrected chi connectivity index (χ2v) is 6.13. The Hall–Kier alpha value is -2.41. The molecule has 21 heavy (non-hydrogen) atoms. The Bertz CT molecular complexity index is 854. The largest absolute Gasteiger partial charge is 0.397 e. The van der Waals surface area contributed by atoms with Crippen molar-refractivity contribution in [1.82, 2.24) is 15.0 Å². The van der Waals surface area contributed by atoms with Crippen LogP contribution in [0.2, 0.25) is 0 Å². The van der Waals surface area contributed by atoms with Gasteiger partial charge in [-0.05, 0) is 26.0 Å². The van der Waals surface area contributed by atoms with E-state index >= 15 is 0 Å². The number of nitrogens with zero attached hydrogens (tertiary/aromatic N) is 2.